The minimum atomic E-state index is -5.39. The minimum Gasteiger partial charge on any atom is -0.822 e. The molecule has 1 N–H and O–H groups in total. The summed E-state index contributed by atoms with van der Waals surface area (Å²) in [6, 6.07) is 0. The van der Waals surface area contributed by atoms with Crippen molar-refractivity contribution >= 4 is 15.6 Å². The minimum absolute atomic E-state index is 0. The van der Waals surface area contributed by atoms with Crippen molar-refractivity contribution in [2.75, 3.05) is 6.61 Å². The molecule has 0 amide bonds. The van der Waals surface area contributed by atoms with Gasteiger partial charge in [-0.1, -0.05) is 90.4 Å². The van der Waals surface area contributed by atoms with Crippen LogP contribution in [0.3, 0.4) is 0 Å². The van der Waals surface area contributed by atoms with Crippen LogP contribution in [0.15, 0.2) is 0 Å². The van der Waals surface area contributed by atoms with E-state index in [9.17, 15) is 0 Å². The van der Waals surface area contributed by atoms with Crippen molar-refractivity contribution in [3.8, 4) is 0 Å². The van der Waals surface area contributed by atoms with E-state index in [0.29, 0.717) is 6.61 Å². The Morgan fingerprint density at radius 1 is 0.500 bits per heavy atom. The summed E-state index contributed by atoms with van der Waals surface area (Å²) in [6.45, 7) is 2.65. The van der Waals surface area contributed by atoms with Gasteiger partial charge in [0.2, 0.25) is 0 Å². The fourth-order valence-corrected chi connectivity index (χ4v) is 2.31. The molecule has 0 heterocycles. The summed E-state index contributed by atoms with van der Waals surface area (Å²) in [7, 11) is -10.8. The molecule has 0 rings (SSSR count). The van der Waals surface area contributed by atoms with E-state index in [1.165, 1.54) is 83.5 Å². The molecular formula is C16H34O9P2Zn3. The van der Waals surface area contributed by atoms with E-state index in [4.69, 9.17) is 43.6 Å². The Balaban J connectivity index is -0.0000000930. The molecule has 0 bridgehead atoms. The Morgan fingerprint density at radius 2 is 0.667 bits per heavy atom. The van der Waals surface area contributed by atoms with E-state index < -0.39 is 15.6 Å². The fraction of sp³-hybridized carbons (Fsp3) is 1.00. The zero-order valence-corrected chi connectivity index (χ0v) is 29.0. The maximum atomic E-state index is 8.64. The molecule has 0 aromatic carbocycles. The monoisotopic (exact) mass is 624 g/mol. The van der Waals surface area contributed by atoms with Gasteiger partial charge >= 0.3 is 58.4 Å². The van der Waals surface area contributed by atoms with Crippen LogP contribution in [0.2, 0.25) is 0 Å². The maximum absolute atomic E-state index is 8.64. The Bertz CT molecular complexity index is 332. The smallest absolute Gasteiger partial charge is 0.822 e. The van der Waals surface area contributed by atoms with Crippen molar-refractivity contribution in [2.45, 2.75) is 96.8 Å². The average Bonchev–Trinajstić information content (AvgIpc) is 2.49. The van der Waals surface area contributed by atoms with Crippen molar-refractivity contribution in [2.24, 2.45) is 0 Å². The van der Waals surface area contributed by atoms with Gasteiger partial charge in [0.25, 0.3) is 0 Å². The molecule has 0 radical (unpaired) electrons. The summed E-state index contributed by atoms with van der Waals surface area (Å²) in [5, 5.41) is 8.64. The van der Waals surface area contributed by atoms with Crippen LogP contribution in [-0.4, -0.2) is 11.7 Å². The predicted octanol–water partition coefficient (Wildman–Crippen LogP) is -0.197. The van der Waals surface area contributed by atoms with Gasteiger partial charge in [-0.25, -0.2) is 0 Å². The normalized spacial score (nSPS) is 10.1. The molecule has 0 unspecified atom stereocenters. The molecule has 14 heteroatoms. The zero-order valence-electron chi connectivity index (χ0n) is 18.3. The van der Waals surface area contributed by atoms with Crippen molar-refractivity contribution < 1.29 is 102 Å². The van der Waals surface area contributed by atoms with Crippen LogP contribution in [0.1, 0.15) is 96.8 Å². The van der Waals surface area contributed by atoms with Crippen molar-refractivity contribution in [1.29, 1.82) is 0 Å². The van der Waals surface area contributed by atoms with Crippen molar-refractivity contribution in [3.05, 3.63) is 0 Å². The number of phosphoric acid groups is 2. The van der Waals surface area contributed by atoms with Crippen LogP contribution < -0.4 is 29.4 Å². The van der Waals surface area contributed by atoms with E-state index in [0.717, 1.165) is 6.42 Å². The first kappa shape index (κ1) is 45.5. The molecule has 168 valence electrons. The van der Waals surface area contributed by atoms with Gasteiger partial charge in [0, 0.05) is 6.61 Å². The summed E-state index contributed by atoms with van der Waals surface area (Å²) in [6.07, 6.45) is 19.2. The van der Waals surface area contributed by atoms with E-state index in [1.54, 1.807) is 0 Å². The van der Waals surface area contributed by atoms with Crippen molar-refractivity contribution in [1.82, 2.24) is 0 Å². The zero-order chi connectivity index (χ0) is 21.6. The molecule has 0 aromatic rings. The van der Waals surface area contributed by atoms with E-state index in [-0.39, 0.29) is 58.4 Å². The predicted molar refractivity (Wildman–Crippen MR) is 92.6 cm³/mol. The third-order valence-electron chi connectivity index (χ3n) is 3.51. The summed E-state index contributed by atoms with van der Waals surface area (Å²) in [5.74, 6) is 0. The number of hydrogen-bond donors (Lipinski definition) is 1. The van der Waals surface area contributed by atoms with Gasteiger partial charge in [0.15, 0.2) is 0 Å². The molecule has 0 aliphatic rings. The van der Waals surface area contributed by atoms with Gasteiger partial charge in [-0.05, 0) is 6.42 Å². The van der Waals surface area contributed by atoms with Gasteiger partial charge in [0.05, 0.1) is 0 Å². The Labute approximate surface area is 220 Å². The van der Waals surface area contributed by atoms with Gasteiger partial charge in [-0.15, -0.1) is 0 Å². The quantitative estimate of drug-likeness (QED) is 0.154. The first-order valence-corrected chi connectivity index (χ1v) is 12.4. The second-order valence-electron chi connectivity index (χ2n) is 6.21. The average molecular weight is 629 g/mol. The molecule has 0 saturated carbocycles. The number of aliphatic hydroxyl groups is 1. The molecule has 30 heavy (non-hydrogen) atoms. The SMILES string of the molecule is CCCCCCCCCCCCCCCCO.O=P([O-])([O-])[O-].O=P([O-])([O-])[O-].[Zn+2].[Zn+2].[Zn+2]. The molecule has 0 fully saturated rings. The third kappa shape index (κ3) is 98.4. The second-order valence-corrected chi connectivity index (χ2v) is 8.00. The third-order valence-corrected chi connectivity index (χ3v) is 3.51. The topological polar surface area (TPSA) is 193 Å². The molecule has 0 atom stereocenters. The number of unbranched alkanes of at least 4 members (excludes halogenated alkanes) is 13. The Kier molecular flexibility index (Phi) is 50.4. The van der Waals surface area contributed by atoms with Crippen LogP contribution in [0.4, 0.5) is 0 Å². The largest absolute Gasteiger partial charge is 2.00 e. The molecular weight excluding hydrogens is 594 g/mol. The molecule has 9 nitrogen and oxygen atoms in total. The van der Waals surface area contributed by atoms with Crippen molar-refractivity contribution in [3.63, 3.8) is 0 Å². The molecule has 0 aromatic heterocycles. The Morgan fingerprint density at radius 3 is 0.833 bits per heavy atom. The summed E-state index contributed by atoms with van der Waals surface area (Å²) < 4.78 is 17.1. The maximum Gasteiger partial charge on any atom is 2.00 e. The van der Waals surface area contributed by atoms with Crippen LogP contribution in [-0.2, 0) is 67.6 Å². The van der Waals surface area contributed by atoms with E-state index >= 15 is 0 Å². The van der Waals surface area contributed by atoms with Crippen LogP contribution in [0.5, 0.6) is 0 Å². The first-order chi connectivity index (χ1) is 12.4. The summed E-state index contributed by atoms with van der Waals surface area (Å²) in [5.41, 5.74) is 0. The summed E-state index contributed by atoms with van der Waals surface area (Å²) >= 11 is 0. The van der Waals surface area contributed by atoms with E-state index in [2.05, 4.69) is 6.92 Å². The molecule has 0 aliphatic heterocycles. The van der Waals surface area contributed by atoms with Gasteiger partial charge in [-0.2, -0.15) is 15.6 Å². The standard InChI is InChI=1S/C16H34O.2H3O4P.3Zn/c1-2-3-4-5-6-7-8-9-10-11-12-13-14-15-16-17;2*1-5(2,3)4;;;/h17H,2-16H2,1H3;2*(H3,1,2,3,4);;;/q;;;3*+2/p-6. The van der Waals surface area contributed by atoms with Gasteiger partial charge in [-0.3, -0.25) is 0 Å². The first-order valence-electron chi connectivity index (χ1n) is 9.48. The number of aliphatic hydroxyl groups excluding tert-OH is 1. The molecule has 0 spiro atoms. The van der Waals surface area contributed by atoms with Gasteiger partial charge < -0.3 is 43.6 Å². The fourth-order valence-electron chi connectivity index (χ4n) is 2.31. The molecule has 0 aliphatic carbocycles. The van der Waals surface area contributed by atoms with Crippen LogP contribution in [0, 0.1) is 0 Å². The van der Waals surface area contributed by atoms with Crippen LogP contribution >= 0.6 is 15.6 Å². The summed E-state index contributed by atoms with van der Waals surface area (Å²) in [4.78, 5) is 51.3. The van der Waals surface area contributed by atoms with E-state index in [1.807, 2.05) is 0 Å². The number of hydrogen-bond acceptors (Lipinski definition) is 9. The second kappa shape index (κ2) is 33.2. The Hall–Kier alpha value is 2.05. The molecule has 0 saturated heterocycles. The van der Waals surface area contributed by atoms with Gasteiger partial charge in [0.1, 0.15) is 0 Å². The van der Waals surface area contributed by atoms with Crippen LogP contribution in [0.25, 0.3) is 0 Å². The number of rotatable bonds is 14.